The smallest absolute Gasteiger partial charge is 0.251 e. The first-order chi connectivity index (χ1) is 9.52. The molecule has 1 amide bonds. The van der Waals surface area contributed by atoms with E-state index in [0.29, 0.717) is 17.8 Å². The highest BCUT2D eigenvalue weighted by Gasteiger charge is 2.27. The lowest BCUT2D eigenvalue weighted by Crippen LogP contribution is -2.36. The molecule has 0 bridgehead atoms. The molecule has 0 atom stereocenters. The molecular formula is C15H22BrN3O. The minimum Gasteiger partial charge on any atom is -0.398 e. The zero-order valence-corrected chi connectivity index (χ0v) is 13.7. The van der Waals surface area contributed by atoms with E-state index in [2.05, 4.69) is 33.1 Å². The molecule has 0 radical (unpaired) electrons. The number of nitrogens with two attached hydrogens (primary N) is 1. The van der Waals surface area contributed by atoms with Crippen LogP contribution in [0.1, 0.15) is 35.7 Å². The Balaban J connectivity index is 1.91. The van der Waals surface area contributed by atoms with E-state index in [1.165, 1.54) is 12.8 Å². The second-order valence-corrected chi connectivity index (χ2v) is 6.20. The van der Waals surface area contributed by atoms with Crippen molar-refractivity contribution in [3.63, 3.8) is 0 Å². The lowest BCUT2D eigenvalue weighted by atomic mass is 10.1. The third-order valence-corrected chi connectivity index (χ3v) is 4.27. The maximum Gasteiger partial charge on any atom is 0.251 e. The third-order valence-electron chi connectivity index (χ3n) is 3.81. The Hall–Kier alpha value is -1.07. The van der Waals surface area contributed by atoms with Crippen LogP contribution in [0.3, 0.4) is 0 Å². The van der Waals surface area contributed by atoms with Crippen LogP contribution in [0.2, 0.25) is 0 Å². The van der Waals surface area contributed by atoms with Gasteiger partial charge in [-0.15, -0.1) is 0 Å². The number of carbonyl (C=O) groups is 1. The molecule has 1 saturated carbocycles. The predicted molar refractivity (Wildman–Crippen MR) is 85.9 cm³/mol. The fourth-order valence-electron chi connectivity index (χ4n) is 2.38. The van der Waals surface area contributed by atoms with Crippen molar-refractivity contribution < 1.29 is 4.79 Å². The first kappa shape index (κ1) is 15.3. The van der Waals surface area contributed by atoms with E-state index in [1.807, 2.05) is 19.1 Å². The molecule has 0 saturated heterocycles. The summed E-state index contributed by atoms with van der Waals surface area (Å²) in [7, 11) is 0. The number of benzene rings is 1. The molecule has 5 heteroatoms. The summed E-state index contributed by atoms with van der Waals surface area (Å²) in [4.78, 5) is 14.6. The monoisotopic (exact) mass is 339 g/mol. The average Bonchev–Trinajstić information content (AvgIpc) is 3.23. The second kappa shape index (κ2) is 6.59. The van der Waals surface area contributed by atoms with Crippen LogP contribution in [0.25, 0.3) is 0 Å². The molecule has 1 aromatic carbocycles. The molecule has 4 nitrogen and oxygen atoms in total. The van der Waals surface area contributed by atoms with Crippen LogP contribution in [0.5, 0.6) is 0 Å². The molecule has 20 heavy (non-hydrogen) atoms. The number of hydrogen-bond acceptors (Lipinski definition) is 3. The predicted octanol–water partition coefficient (Wildman–Crippen LogP) is 2.55. The highest BCUT2D eigenvalue weighted by atomic mass is 79.9. The lowest BCUT2D eigenvalue weighted by molar-refractivity contribution is 0.0947. The summed E-state index contributed by atoms with van der Waals surface area (Å²) in [6.45, 7) is 6.67. The van der Waals surface area contributed by atoms with Gasteiger partial charge in [-0.2, -0.15) is 0 Å². The number of carbonyl (C=O) groups excluding carboxylic acids is 1. The first-order valence-electron chi connectivity index (χ1n) is 7.10. The van der Waals surface area contributed by atoms with E-state index in [9.17, 15) is 4.79 Å². The summed E-state index contributed by atoms with van der Waals surface area (Å²) in [6, 6.07) is 4.37. The molecule has 0 unspecified atom stereocenters. The first-order valence-corrected chi connectivity index (χ1v) is 7.90. The quantitative estimate of drug-likeness (QED) is 0.783. The van der Waals surface area contributed by atoms with Crippen molar-refractivity contribution in [3.8, 4) is 0 Å². The van der Waals surface area contributed by atoms with Crippen LogP contribution < -0.4 is 11.1 Å². The zero-order chi connectivity index (χ0) is 14.7. The fourth-order valence-corrected chi connectivity index (χ4v) is 2.86. The summed E-state index contributed by atoms with van der Waals surface area (Å²) in [5, 5.41) is 2.98. The fraction of sp³-hybridized carbons (Fsp3) is 0.533. The number of anilines is 1. The third kappa shape index (κ3) is 3.73. The zero-order valence-electron chi connectivity index (χ0n) is 12.1. The minimum absolute atomic E-state index is 0.0534. The molecule has 0 aromatic heterocycles. The van der Waals surface area contributed by atoms with Gasteiger partial charge in [0.25, 0.3) is 5.91 Å². The number of nitrogens with zero attached hydrogens (tertiary/aromatic N) is 1. The van der Waals surface area contributed by atoms with Gasteiger partial charge in [0, 0.05) is 34.9 Å². The largest absolute Gasteiger partial charge is 0.398 e. The number of nitrogen functional groups attached to an aromatic ring is 1. The van der Waals surface area contributed by atoms with Crippen molar-refractivity contribution >= 4 is 27.5 Å². The van der Waals surface area contributed by atoms with E-state index >= 15 is 0 Å². The van der Waals surface area contributed by atoms with Gasteiger partial charge in [-0.05, 0) is 44.0 Å². The van der Waals surface area contributed by atoms with Gasteiger partial charge < -0.3 is 11.1 Å². The highest BCUT2D eigenvalue weighted by molar-refractivity contribution is 9.10. The number of likely N-dealkylation sites (N-methyl/N-ethyl adjacent to an activating group) is 1. The van der Waals surface area contributed by atoms with Crippen LogP contribution in [0.4, 0.5) is 5.69 Å². The summed E-state index contributed by atoms with van der Waals surface area (Å²) in [5.74, 6) is -0.0534. The topological polar surface area (TPSA) is 58.4 Å². The number of nitrogens with one attached hydrogen (secondary N) is 1. The van der Waals surface area contributed by atoms with E-state index in [0.717, 1.165) is 29.2 Å². The molecular weight excluding hydrogens is 318 g/mol. The summed E-state index contributed by atoms with van der Waals surface area (Å²) >= 11 is 3.38. The average molecular weight is 340 g/mol. The Morgan fingerprint density at radius 3 is 2.80 bits per heavy atom. The number of hydrogen-bond donors (Lipinski definition) is 2. The molecule has 1 aliphatic rings. The molecule has 1 fully saturated rings. The van der Waals surface area contributed by atoms with Crippen LogP contribution in [0.15, 0.2) is 16.6 Å². The standard InChI is InChI=1S/C15H22BrN3O/c1-3-19(12-4-5-12)7-6-18-15(20)13-8-11(16)9-14(17)10(13)2/h8-9,12H,3-7,17H2,1-2H3,(H,18,20). The van der Waals surface area contributed by atoms with Gasteiger partial charge in [0.05, 0.1) is 0 Å². The molecule has 2 rings (SSSR count). The molecule has 1 aromatic rings. The van der Waals surface area contributed by atoms with Crippen LogP contribution in [-0.4, -0.2) is 36.5 Å². The van der Waals surface area contributed by atoms with Gasteiger partial charge in [-0.1, -0.05) is 22.9 Å². The summed E-state index contributed by atoms with van der Waals surface area (Å²) in [6.07, 6.45) is 2.59. The van der Waals surface area contributed by atoms with Crippen molar-refractivity contribution in [1.29, 1.82) is 0 Å². The van der Waals surface area contributed by atoms with Crippen molar-refractivity contribution in [2.75, 3.05) is 25.4 Å². The summed E-state index contributed by atoms with van der Waals surface area (Å²) in [5.41, 5.74) is 8.00. The van der Waals surface area contributed by atoms with Gasteiger partial charge >= 0.3 is 0 Å². The molecule has 1 aliphatic carbocycles. The van der Waals surface area contributed by atoms with Gasteiger partial charge in [0.15, 0.2) is 0 Å². The number of rotatable bonds is 6. The molecule has 0 spiro atoms. The second-order valence-electron chi connectivity index (χ2n) is 5.28. The van der Waals surface area contributed by atoms with E-state index < -0.39 is 0 Å². The van der Waals surface area contributed by atoms with Crippen LogP contribution in [-0.2, 0) is 0 Å². The molecule has 0 aliphatic heterocycles. The summed E-state index contributed by atoms with van der Waals surface area (Å²) < 4.78 is 0.832. The van der Waals surface area contributed by atoms with Gasteiger partial charge in [-0.25, -0.2) is 0 Å². The number of amides is 1. The van der Waals surface area contributed by atoms with Crippen molar-refractivity contribution in [2.24, 2.45) is 0 Å². The van der Waals surface area contributed by atoms with Crippen molar-refractivity contribution in [3.05, 3.63) is 27.7 Å². The Bertz CT molecular complexity index is 500. The molecule has 3 N–H and O–H groups in total. The SMILES string of the molecule is CCN(CCNC(=O)c1cc(Br)cc(N)c1C)C1CC1. The Morgan fingerprint density at radius 1 is 1.50 bits per heavy atom. The normalized spacial score (nSPS) is 14.6. The lowest BCUT2D eigenvalue weighted by Gasteiger charge is -2.20. The van der Waals surface area contributed by atoms with Gasteiger partial charge in [0.2, 0.25) is 0 Å². The maximum absolute atomic E-state index is 12.2. The maximum atomic E-state index is 12.2. The minimum atomic E-state index is -0.0534. The van der Waals surface area contributed by atoms with E-state index in [-0.39, 0.29) is 5.91 Å². The number of halogens is 1. The molecule has 110 valence electrons. The Morgan fingerprint density at radius 2 is 2.20 bits per heavy atom. The van der Waals surface area contributed by atoms with Crippen molar-refractivity contribution in [2.45, 2.75) is 32.7 Å². The Kier molecular flexibility index (Phi) is 5.05. The highest BCUT2D eigenvalue weighted by Crippen LogP contribution is 2.26. The van der Waals surface area contributed by atoms with E-state index in [4.69, 9.17) is 5.73 Å². The molecule has 0 heterocycles. The van der Waals surface area contributed by atoms with Crippen molar-refractivity contribution in [1.82, 2.24) is 10.2 Å². The van der Waals surface area contributed by atoms with Gasteiger partial charge in [-0.3, -0.25) is 9.69 Å². The van der Waals surface area contributed by atoms with E-state index in [1.54, 1.807) is 0 Å². The van der Waals surface area contributed by atoms with Gasteiger partial charge in [0.1, 0.15) is 0 Å². The van der Waals surface area contributed by atoms with Crippen LogP contribution >= 0.6 is 15.9 Å². The van der Waals surface area contributed by atoms with Crippen LogP contribution in [0, 0.1) is 6.92 Å². The Labute approximate surface area is 128 Å².